The molecule has 1 aliphatic rings. The molecule has 2 atom stereocenters. The predicted molar refractivity (Wildman–Crippen MR) is 87.2 cm³/mol. The summed E-state index contributed by atoms with van der Waals surface area (Å²) in [6.45, 7) is 3.22. The van der Waals surface area contributed by atoms with E-state index in [0.29, 0.717) is 12.0 Å². The monoisotopic (exact) mass is 302 g/mol. The van der Waals surface area contributed by atoms with Gasteiger partial charge in [0, 0.05) is 17.8 Å². The van der Waals surface area contributed by atoms with E-state index < -0.39 is 0 Å². The third-order valence-electron chi connectivity index (χ3n) is 4.18. The Balaban J connectivity index is 1.94. The highest BCUT2D eigenvalue weighted by molar-refractivity contribution is 7.10. The number of hydrogen-bond donors (Lipinski definition) is 1. The number of nitrogens with zero attached hydrogens (tertiary/aromatic N) is 1. The molecule has 1 N–H and O–H groups in total. The van der Waals surface area contributed by atoms with Gasteiger partial charge in [-0.25, -0.2) is 0 Å². The molecule has 0 aromatic carbocycles. The van der Waals surface area contributed by atoms with Gasteiger partial charge in [-0.1, -0.05) is 13.0 Å². The SMILES string of the molecule is CCCNC(c1sccc1OC)C1CCc2cccnc21. The Kier molecular flexibility index (Phi) is 4.56. The van der Waals surface area contributed by atoms with E-state index in [1.165, 1.54) is 16.1 Å². The van der Waals surface area contributed by atoms with Gasteiger partial charge in [0.15, 0.2) is 0 Å². The summed E-state index contributed by atoms with van der Waals surface area (Å²) in [6.07, 6.45) is 5.34. The summed E-state index contributed by atoms with van der Waals surface area (Å²) in [7, 11) is 1.75. The molecule has 0 spiro atoms. The van der Waals surface area contributed by atoms with Gasteiger partial charge in [-0.3, -0.25) is 4.98 Å². The molecule has 0 amide bonds. The first-order valence-electron chi connectivity index (χ1n) is 7.63. The van der Waals surface area contributed by atoms with Crippen molar-refractivity contribution in [1.29, 1.82) is 0 Å². The molecule has 2 aromatic heterocycles. The number of hydrogen-bond acceptors (Lipinski definition) is 4. The van der Waals surface area contributed by atoms with Gasteiger partial charge in [-0.05, 0) is 48.9 Å². The van der Waals surface area contributed by atoms with Crippen LogP contribution in [0.1, 0.15) is 47.9 Å². The van der Waals surface area contributed by atoms with Crippen LogP contribution in [0.25, 0.3) is 0 Å². The molecule has 2 aromatic rings. The van der Waals surface area contributed by atoms with Crippen molar-refractivity contribution in [3.05, 3.63) is 45.9 Å². The maximum absolute atomic E-state index is 5.54. The zero-order valence-corrected chi connectivity index (χ0v) is 13.5. The van der Waals surface area contributed by atoms with Crippen molar-refractivity contribution in [1.82, 2.24) is 10.3 Å². The first-order chi connectivity index (χ1) is 10.3. The Bertz CT molecular complexity index is 596. The minimum atomic E-state index is 0.302. The maximum atomic E-state index is 5.54. The lowest BCUT2D eigenvalue weighted by Gasteiger charge is -2.25. The molecule has 0 aliphatic heterocycles. The largest absolute Gasteiger partial charge is 0.496 e. The Morgan fingerprint density at radius 3 is 3.19 bits per heavy atom. The molecule has 21 heavy (non-hydrogen) atoms. The molecular formula is C17H22N2OS. The highest BCUT2D eigenvalue weighted by Crippen LogP contribution is 2.44. The fourth-order valence-corrected chi connectivity index (χ4v) is 4.19. The smallest absolute Gasteiger partial charge is 0.134 e. The fourth-order valence-electron chi connectivity index (χ4n) is 3.19. The van der Waals surface area contributed by atoms with Crippen LogP contribution in [0.3, 0.4) is 0 Å². The van der Waals surface area contributed by atoms with Gasteiger partial charge in [0.2, 0.25) is 0 Å². The minimum absolute atomic E-state index is 0.302. The lowest BCUT2D eigenvalue weighted by molar-refractivity contribution is 0.387. The number of aryl methyl sites for hydroxylation is 1. The van der Waals surface area contributed by atoms with Crippen molar-refractivity contribution < 1.29 is 4.74 Å². The molecule has 0 saturated heterocycles. The average Bonchev–Trinajstić information content (AvgIpc) is 3.15. The number of nitrogens with one attached hydrogen (secondary N) is 1. The summed E-state index contributed by atoms with van der Waals surface area (Å²) in [5.41, 5.74) is 2.67. The number of aromatic nitrogens is 1. The molecule has 3 nitrogen and oxygen atoms in total. The van der Waals surface area contributed by atoms with Crippen molar-refractivity contribution >= 4 is 11.3 Å². The maximum Gasteiger partial charge on any atom is 0.134 e. The quantitative estimate of drug-likeness (QED) is 0.878. The second-order valence-corrected chi connectivity index (χ2v) is 6.43. The number of methoxy groups -OCH3 is 1. The van der Waals surface area contributed by atoms with E-state index in [4.69, 9.17) is 4.74 Å². The zero-order chi connectivity index (χ0) is 14.7. The molecule has 3 rings (SSSR count). The summed E-state index contributed by atoms with van der Waals surface area (Å²) in [5.74, 6) is 1.44. The molecule has 0 bridgehead atoms. The van der Waals surface area contributed by atoms with Crippen molar-refractivity contribution in [3.8, 4) is 5.75 Å². The number of pyridine rings is 1. The van der Waals surface area contributed by atoms with Gasteiger partial charge in [0.25, 0.3) is 0 Å². The van der Waals surface area contributed by atoms with E-state index in [1.54, 1.807) is 18.4 Å². The lowest BCUT2D eigenvalue weighted by atomic mass is 9.95. The van der Waals surface area contributed by atoms with Crippen LogP contribution in [-0.2, 0) is 6.42 Å². The Labute approximate surface area is 130 Å². The van der Waals surface area contributed by atoms with Crippen LogP contribution in [0.4, 0.5) is 0 Å². The third kappa shape index (κ3) is 2.83. The molecule has 0 fully saturated rings. The van der Waals surface area contributed by atoms with E-state index in [0.717, 1.165) is 31.6 Å². The first-order valence-corrected chi connectivity index (χ1v) is 8.51. The van der Waals surface area contributed by atoms with Crippen molar-refractivity contribution in [2.75, 3.05) is 13.7 Å². The summed E-state index contributed by atoms with van der Waals surface area (Å²) in [5, 5.41) is 5.83. The molecule has 2 unspecified atom stereocenters. The molecule has 2 heterocycles. The number of rotatable bonds is 6. The van der Waals surface area contributed by atoms with Gasteiger partial charge in [0.1, 0.15) is 5.75 Å². The molecular weight excluding hydrogens is 280 g/mol. The fraction of sp³-hybridized carbons (Fsp3) is 0.471. The van der Waals surface area contributed by atoms with E-state index >= 15 is 0 Å². The van der Waals surface area contributed by atoms with Gasteiger partial charge < -0.3 is 10.1 Å². The number of thiophene rings is 1. The van der Waals surface area contributed by atoms with Crippen LogP contribution in [0.5, 0.6) is 5.75 Å². The second-order valence-electron chi connectivity index (χ2n) is 5.48. The van der Waals surface area contributed by atoms with Gasteiger partial charge in [0.05, 0.1) is 18.0 Å². The van der Waals surface area contributed by atoms with Crippen molar-refractivity contribution in [3.63, 3.8) is 0 Å². The molecule has 0 radical (unpaired) electrons. The number of ether oxygens (including phenoxy) is 1. The zero-order valence-electron chi connectivity index (χ0n) is 12.6. The highest BCUT2D eigenvalue weighted by Gasteiger charge is 2.33. The van der Waals surface area contributed by atoms with E-state index in [2.05, 4.69) is 34.7 Å². The molecule has 4 heteroatoms. The van der Waals surface area contributed by atoms with E-state index in [1.807, 2.05) is 12.3 Å². The lowest BCUT2D eigenvalue weighted by Crippen LogP contribution is -2.27. The summed E-state index contributed by atoms with van der Waals surface area (Å²) >= 11 is 1.78. The molecule has 0 saturated carbocycles. The Morgan fingerprint density at radius 1 is 1.48 bits per heavy atom. The van der Waals surface area contributed by atoms with Crippen molar-refractivity contribution in [2.24, 2.45) is 0 Å². The molecule has 1 aliphatic carbocycles. The topological polar surface area (TPSA) is 34.1 Å². The standard InChI is InChI=1S/C17H22N2OS/c1-3-9-18-16(17-14(20-2)8-11-21-17)13-7-6-12-5-4-10-19-15(12)13/h4-5,8,10-11,13,16,18H,3,6-7,9H2,1-2H3. The van der Waals surface area contributed by atoms with Crippen LogP contribution in [0.15, 0.2) is 29.8 Å². The van der Waals surface area contributed by atoms with Crippen LogP contribution < -0.4 is 10.1 Å². The second kappa shape index (κ2) is 6.58. The van der Waals surface area contributed by atoms with Gasteiger partial charge in [-0.2, -0.15) is 0 Å². The van der Waals surface area contributed by atoms with Gasteiger partial charge in [-0.15, -0.1) is 11.3 Å². The van der Waals surface area contributed by atoms with Crippen LogP contribution in [0.2, 0.25) is 0 Å². The Hall–Kier alpha value is -1.39. The van der Waals surface area contributed by atoms with Crippen molar-refractivity contribution in [2.45, 2.75) is 38.1 Å². The van der Waals surface area contributed by atoms with Gasteiger partial charge >= 0.3 is 0 Å². The average molecular weight is 302 g/mol. The number of fused-ring (bicyclic) bond motifs is 1. The first kappa shape index (κ1) is 14.5. The third-order valence-corrected chi connectivity index (χ3v) is 5.16. The van der Waals surface area contributed by atoms with E-state index in [9.17, 15) is 0 Å². The van der Waals surface area contributed by atoms with E-state index in [-0.39, 0.29) is 0 Å². The minimum Gasteiger partial charge on any atom is -0.496 e. The highest BCUT2D eigenvalue weighted by atomic mass is 32.1. The predicted octanol–water partition coefficient (Wildman–Crippen LogP) is 3.92. The molecule has 112 valence electrons. The normalized spacial score (nSPS) is 18.5. The summed E-state index contributed by atoms with van der Waals surface area (Å²) in [4.78, 5) is 5.96. The van der Waals surface area contributed by atoms with Crippen LogP contribution in [0, 0.1) is 0 Å². The Morgan fingerprint density at radius 2 is 2.38 bits per heavy atom. The summed E-state index contributed by atoms with van der Waals surface area (Å²) in [6, 6.07) is 6.62. The summed E-state index contributed by atoms with van der Waals surface area (Å²) < 4.78 is 5.54. The van der Waals surface area contributed by atoms with Crippen LogP contribution >= 0.6 is 11.3 Å². The van der Waals surface area contributed by atoms with Crippen LogP contribution in [-0.4, -0.2) is 18.6 Å².